The number of benzene rings is 1. The lowest BCUT2D eigenvalue weighted by atomic mass is 10.2. The summed E-state index contributed by atoms with van der Waals surface area (Å²) in [6, 6.07) is 7.13. The second-order valence-corrected chi connectivity index (χ2v) is 3.85. The van der Waals surface area contributed by atoms with E-state index >= 15 is 0 Å². The van der Waals surface area contributed by atoms with Crippen molar-refractivity contribution in [1.82, 2.24) is 15.2 Å². The third kappa shape index (κ3) is 2.97. The number of amides is 2. The molecular weight excluding hydrogens is 232 g/mol. The monoisotopic (exact) mass is 246 g/mol. The van der Waals surface area contributed by atoms with Crippen LogP contribution in [0.2, 0.25) is 0 Å². The van der Waals surface area contributed by atoms with Crippen molar-refractivity contribution in [2.24, 2.45) is 0 Å². The molecule has 1 aromatic heterocycles. The molecule has 0 spiro atoms. The van der Waals surface area contributed by atoms with Crippen molar-refractivity contribution in [3.05, 3.63) is 30.6 Å². The van der Waals surface area contributed by atoms with Crippen LogP contribution >= 0.6 is 0 Å². The van der Waals surface area contributed by atoms with Crippen LogP contribution in [0.4, 0.5) is 22.1 Å². The van der Waals surface area contributed by atoms with E-state index in [2.05, 4.69) is 25.8 Å². The molecule has 3 N–H and O–H groups in total. The van der Waals surface area contributed by atoms with E-state index in [4.69, 9.17) is 0 Å². The number of rotatable bonds is 3. The Kier molecular flexibility index (Phi) is 3.42. The van der Waals surface area contributed by atoms with Crippen molar-refractivity contribution in [3.63, 3.8) is 0 Å². The largest absolute Gasteiger partial charge is 0.378 e. The van der Waals surface area contributed by atoms with E-state index in [9.17, 15) is 4.79 Å². The first-order valence-corrected chi connectivity index (χ1v) is 5.36. The zero-order valence-electron chi connectivity index (χ0n) is 10.1. The van der Waals surface area contributed by atoms with Gasteiger partial charge in [0, 0.05) is 25.5 Å². The molecule has 0 fully saturated rings. The maximum absolute atomic E-state index is 11.6. The molecule has 0 saturated carbocycles. The molecule has 7 heteroatoms. The molecule has 2 aromatic rings. The van der Waals surface area contributed by atoms with Crippen LogP contribution in [0.5, 0.6) is 0 Å². The van der Waals surface area contributed by atoms with E-state index in [-0.39, 0.29) is 6.03 Å². The van der Waals surface area contributed by atoms with Crippen LogP contribution in [-0.2, 0) is 0 Å². The smallest absolute Gasteiger partial charge is 0.326 e. The fraction of sp³-hybridized carbons (Fsp3) is 0.182. The summed E-state index contributed by atoms with van der Waals surface area (Å²) in [6.45, 7) is 0. The lowest BCUT2D eigenvalue weighted by Crippen LogP contribution is -2.20. The van der Waals surface area contributed by atoms with Crippen molar-refractivity contribution < 1.29 is 4.79 Å². The fourth-order valence-electron chi connectivity index (χ4n) is 1.38. The van der Waals surface area contributed by atoms with Gasteiger partial charge in [-0.15, -0.1) is 0 Å². The average molecular weight is 246 g/mol. The minimum atomic E-state index is -0.371. The Bertz CT molecular complexity index is 505. The van der Waals surface area contributed by atoms with Gasteiger partial charge in [-0.2, -0.15) is 10.1 Å². The Morgan fingerprint density at radius 2 is 1.94 bits per heavy atom. The number of urea groups is 1. The number of carbonyl (C=O) groups excluding carboxylic acids is 1. The highest BCUT2D eigenvalue weighted by molar-refractivity contribution is 5.98. The molecule has 0 aliphatic heterocycles. The molecule has 1 heterocycles. The van der Waals surface area contributed by atoms with E-state index < -0.39 is 0 Å². The number of hydrogen-bond donors (Lipinski definition) is 3. The second-order valence-electron chi connectivity index (χ2n) is 3.85. The van der Waals surface area contributed by atoms with Gasteiger partial charge in [-0.05, 0) is 24.3 Å². The summed E-state index contributed by atoms with van der Waals surface area (Å²) >= 11 is 0. The molecule has 0 saturated heterocycles. The number of aromatic nitrogens is 3. The van der Waals surface area contributed by atoms with E-state index in [0.29, 0.717) is 11.6 Å². The molecule has 0 unspecified atom stereocenters. The normalized spacial score (nSPS) is 9.89. The van der Waals surface area contributed by atoms with Crippen LogP contribution in [-0.4, -0.2) is 35.3 Å². The quantitative estimate of drug-likeness (QED) is 0.766. The maximum Gasteiger partial charge on any atom is 0.326 e. The summed E-state index contributed by atoms with van der Waals surface area (Å²) in [5.41, 5.74) is 1.77. The molecule has 94 valence electrons. The zero-order valence-corrected chi connectivity index (χ0v) is 10.1. The van der Waals surface area contributed by atoms with Crippen LogP contribution in [0.1, 0.15) is 0 Å². The summed E-state index contributed by atoms with van der Waals surface area (Å²) < 4.78 is 0. The van der Waals surface area contributed by atoms with Gasteiger partial charge in [-0.1, -0.05) is 0 Å². The Labute approximate surface area is 104 Å². The number of nitrogens with zero attached hydrogens (tertiary/aromatic N) is 3. The van der Waals surface area contributed by atoms with Gasteiger partial charge in [0.05, 0.1) is 0 Å². The molecule has 0 radical (unpaired) electrons. The number of aromatic amines is 1. The molecule has 1 aromatic carbocycles. The third-order valence-electron chi connectivity index (χ3n) is 2.29. The maximum atomic E-state index is 11.6. The summed E-state index contributed by atoms with van der Waals surface area (Å²) in [5, 5.41) is 11.4. The number of carbonyl (C=O) groups is 1. The molecule has 0 aliphatic rings. The molecule has 0 aliphatic carbocycles. The zero-order chi connectivity index (χ0) is 13.0. The van der Waals surface area contributed by atoms with Gasteiger partial charge in [-0.3, -0.25) is 5.32 Å². The minimum Gasteiger partial charge on any atom is -0.378 e. The number of anilines is 3. The van der Waals surface area contributed by atoms with Crippen LogP contribution in [0.25, 0.3) is 0 Å². The lowest BCUT2D eigenvalue weighted by molar-refractivity contribution is 0.262. The number of hydrogen-bond acceptors (Lipinski definition) is 4. The van der Waals surface area contributed by atoms with Crippen LogP contribution in [0, 0.1) is 0 Å². The van der Waals surface area contributed by atoms with Gasteiger partial charge in [-0.25, -0.2) is 9.89 Å². The van der Waals surface area contributed by atoms with Gasteiger partial charge >= 0.3 is 6.03 Å². The molecule has 0 atom stereocenters. The molecule has 0 bridgehead atoms. The second kappa shape index (κ2) is 5.17. The highest BCUT2D eigenvalue weighted by atomic mass is 16.2. The Morgan fingerprint density at radius 1 is 1.22 bits per heavy atom. The fourth-order valence-corrected chi connectivity index (χ4v) is 1.38. The minimum absolute atomic E-state index is 0.303. The Hall–Kier alpha value is -2.57. The van der Waals surface area contributed by atoms with Gasteiger partial charge in [0.2, 0.25) is 5.95 Å². The SMILES string of the molecule is CN(C)c1ccc(NC(=O)Nc2ncn[nH]2)cc1. The van der Waals surface area contributed by atoms with E-state index in [1.807, 2.05) is 43.3 Å². The Balaban J connectivity index is 1.95. The highest BCUT2D eigenvalue weighted by Crippen LogP contribution is 2.15. The highest BCUT2D eigenvalue weighted by Gasteiger charge is 2.04. The van der Waals surface area contributed by atoms with Crippen molar-refractivity contribution in [3.8, 4) is 0 Å². The third-order valence-corrected chi connectivity index (χ3v) is 2.29. The van der Waals surface area contributed by atoms with Crippen molar-refractivity contribution in [2.75, 3.05) is 29.6 Å². The molecule has 2 amide bonds. The van der Waals surface area contributed by atoms with Gasteiger partial charge in [0.15, 0.2) is 0 Å². The average Bonchev–Trinajstić information content (AvgIpc) is 2.82. The first-order valence-electron chi connectivity index (χ1n) is 5.36. The molecule has 2 rings (SSSR count). The van der Waals surface area contributed by atoms with Crippen molar-refractivity contribution in [2.45, 2.75) is 0 Å². The predicted molar refractivity (Wildman–Crippen MR) is 69.8 cm³/mol. The van der Waals surface area contributed by atoms with Crippen LogP contribution in [0.15, 0.2) is 30.6 Å². The first kappa shape index (κ1) is 11.9. The lowest BCUT2D eigenvalue weighted by Gasteiger charge is -2.13. The standard InChI is InChI=1S/C11H14N6O/c1-17(2)9-5-3-8(4-6-9)14-11(18)15-10-12-7-13-16-10/h3-7H,1-2H3,(H3,12,13,14,15,16,18). The van der Waals surface area contributed by atoms with Crippen LogP contribution < -0.4 is 15.5 Å². The van der Waals surface area contributed by atoms with Crippen molar-refractivity contribution in [1.29, 1.82) is 0 Å². The summed E-state index contributed by atoms with van der Waals surface area (Å²) in [7, 11) is 3.91. The topological polar surface area (TPSA) is 85.9 Å². The summed E-state index contributed by atoms with van der Waals surface area (Å²) in [4.78, 5) is 17.4. The Morgan fingerprint density at radius 3 is 2.50 bits per heavy atom. The molecule has 18 heavy (non-hydrogen) atoms. The van der Waals surface area contributed by atoms with E-state index in [1.54, 1.807) is 0 Å². The number of nitrogens with one attached hydrogen (secondary N) is 3. The first-order chi connectivity index (χ1) is 8.65. The summed E-state index contributed by atoms with van der Waals surface area (Å²) in [6.07, 6.45) is 1.32. The van der Waals surface area contributed by atoms with E-state index in [1.165, 1.54) is 6.33 Å². The van der Waals surface area contributed by atoms with Gasteiger partial charge in [0.1, 0.15) is 6.33 Å². The molecular formula is C11H14N6O. The van der Waals surface area contributed by atoms with Crippen molar-refractivity contribution >= 4 is 23.4 Å². The van der Waals surface area contributed by atoms with E-state index in [0.717, 1.165) is 5.69 Å². The summed E-state index contributed by atoms with van der Waals surface area (Å²) in [5.74, 6) is 0.303. The van der Waals surface area contributed by atoms with Gasteiger partial charge < -0.3 is 10.2 Å². The van der Waals surface area contributed by atoms with Crippen LogP contribution in [0.3, 0.4) is 0 Å². The number of H-pyrrole nitrogens is 1. The van der Waals surface area contributed by atoms with Gasteiger partial charge in [0.25, 0.3) is 0 Å². The molecule has 7 nitrogen and oxygen atoms in total. The predicted octanol–water partition coefficient (Wildman–Crippen LogP) is 1.51.